The van der Waals surface area contributed by atoms with Crippen LogP contribution in [-0.4, -0.2) is 15.8 Å². The van der Waals surface area contributed by atoms with Gasteiger partial charge in [0.2, 0.25) is 5.82 Å². The van der Waals surface area contributed by atoms with Gasteiger partial charge in [-0.2, -0.15) is 4.39 Å². The maximum atomic E-state index is 14.3. The van der Waals surface area contributed by atoms with Gasteiger partial charge in [0, 0.05) is 5.56 Å². The van der Waals surface area contributed by atoms with Gasteiger partial charge in [-0.25, -0.2) is 13.2 Å². The first-order chi connectivity index (χ1) is 9.32. The average molecular weight is 288 g/mol. The van der Waals surface area contributed by atoms with E-state index in [1.54, 1.807) is 0 Å². The molecule has 1 fully saturated rings. The smallest absolute Gasteiger partial charge is 0.200 e. The van der Waals surface area contributed by atoms with E-state index in [1.807, 2.05) is 0 Å². The van der Waals surface area contributed by atoms with Gasteiger partial charge in [-0.15, -0.1) is 0 Å². The monoisotopic (exact) mass is 288 g/mol. The van der Waals surface area contributed by atoms with Crippen molar-refractivity contribution in [3.8, 4) is 5.75 Å². The van der Waals surface area contributed by atoms with Gasteiger partial charge in [0.15, 0.2) is 17.4 Å². The van der Waals surface area contributed by atoms with Gasteiger partial charge in [-0.05, 0) is 31.7 Å². The predicted octanol–water partition coefficient (Wildman–Crippen LogP) is 3.38. The molecular formula is C14H12F4O2. The van der Waals surface area contributed by atoms with Crippen molar-refractivity contribution in [1.29, 1.82) is 0 Å². The molecule has 3 aliphatic carbocycles. The summed E-state index contributed by atoms with van der Waals surface area (Å²) in [6.07, 6.45) is -0.115. The highest BCUT2D eigenvalue weighted by Crippen LogP contribution is 2.58. The molecule has 6 heteroatoms. The third kappa shape index (κ3) is 1.48. The highest BCUT2D eigenvalue weighted by atomic mass is 19.2. The second-order valence-electron chi connectivity index (χ2n) is 5.50. The van der Waals surface area contributed by atoms with Gasteiger partial charge in [-0.1, -0.05) is 6.07 Å². The lowest BCUT2D eigenvalue weighted by Gasteiger charge is -2.48. The number of allylic oxidation sites excluding steroid dienone is 1. The number of hydrogen-bond acceptors (Lipinski definition) is 2. The second kappa shape index (κ2) is 3.97. The van der Waals surface area contributed by atoms with Crippen LogP contribution in [-0.2, 0) is 5.41 Å². The Labute approximate surface area is 112 Å². The van der Waals surface area contributed by atoms with E-state index in [1.165, 1.54) is 0 Å². The van der Waals surface area contributed by atoms with Crippen LogP contribution in [0.4, 0.5) is 17.6 Å². The van der Waals surface area contributed by atoms with Crippen molar-refractivity contribution >= 4 is 0 Å². The molecule has 1 saturated carbocycles. The first-order valence-electron chi connectivity index (χ1n) is 6.28. The fourth-order valence-electron chi connectivity index (χ4n) is 3.24. The molecule has 1 aromatic rings. The lowest BCUT2D eigenvalue weighted by atomic mass is 9.59. The van der Waals surface area contributed by atoms with E-state index < -0.39 is 40.1 Å². The van der Waals surface area contributed by atoms with Gasteiger partial charge in [0.25, 0.3) is 0 Å². The summed E-state index contributed by atoms with van der Waals surface area (Å²) in [6, 6.07) is 1.99. The van der Waals surface area contributed by atoms with Crippen LogP contribution in [0.15, 0.2) is 23.8 Å². The number of aromatic hydroxyl groups is 1. The molecule has 0 aromatic heterocycles. The van der Waals surface area contributed by atoms with E-state index >= 15 is 0 Å². The largest absolute Gasteiger partial charge is 0.505 e. The van der Waals surface area contributed by atoms with E-state index in [9.17, 15) is 22.7 Å². The second-order valence-corrected chi connectivity index (χ2v) is 5.50. The summed E-state index contributed by atoms with van der Waals surface area (Å²) in [5, 5.41) is 19.0. The Bertz CT molecular complexity index is 616. The van der Waals surface area contributed by atoms with Gasteiger partial charge >= 0.3 is 0 Å². The van der Waals surface area contributed by atoms with Crippen LogP contribution in [0.3, 0.4) is 0 Å². The van der Waals surface area contributed by atoms with E-state index in [0.29, 0.717) is 0 Å². The number of halogens is 4. The summed E-state index contributed by atoms with van der Waals surface area (Å²) in [4.78, 5) is 0. The summed E-state index contributed by atoms with van der Waals surface area (Å²) < 4.78 is 55.6. The van der Waals surface area contributed by atoms with Crippen molar-refractivity contribution in [3.05, 3.63) is 41.0 Å². The Morgan fingerprint density at radius 2 is 1.45 bits per heavy atom. The number of phenolic OH excluding ortho intramolecular Hbond substituents is 1. The molecule has 0 amide bonds. The molecule has 0 spiro atoms. The Kier molecular flexibility index (Phi) is 2.67. The first kappa shape index (κ1) is 13.4. The summed E-state index contributed by atoms with van der Waals surface area (Å²) >= 11 is 0. The molecule has 0 radical (unpaired) electrons. The summed E-state index contributed by atoms with van der Waals surface area (Å²) in [5.74, 6) is -6.25. The van der Waals surface area contributed by atoms with Crippen LogP contribution in [0.5, 0.6) is 5.75 Å². The molecule has 0 unspecified atom stereocenters. The normalized spacial score (nSPS) is 32.9. The van der Waals surface area contributed by atoms with Crippen molar-refractivity contribution < 1.29 is 27.8 Å². The summed E-state index contributed by atoms with van der Waals surface area (Å²) in [7, 11) is 0. The molecule has 0 saturated heterocycles. The van der Waals surface area contributed by atoms with E-state index in [2.05, 4.69) is 0 Å². The molecule has 1 aromatic carbocycles. The maximum Gasteiger partial charge on any atom is 0.200 e. The molecule has 0 atom stereocenters. The number of benzene rings is 1. The molecule has 2 N–H and O–H groups in total. The first-order valence-corrected chi connectivity index (χ1v) is 6.28. The lowest BCUT2D eigenvalue weighted by molar-refractivity contribution is -0.0270. The molecule has 3 aliphatic rings. The van der Waals surface area contributed by atoms with Crippen LogP contribution in [0.1, 0.15) is 31.2 Å². The zero-order chi connectivity index (χ0) is 14.7. The number of fused-ring (bicyclic) bond motifs is 2. The fourth-order valence-corrected chi connectivity index (χ4v) is 3.24. The average Bonchev–Trinajstić information content (AvgIpc) is 2.43. The molecule has 2 nitrogen and oxygen atoms in total. The highest BCUT2D eigenvalue weighted by molar-refractivity contribution is 5.45. The highest BCUT2D eigenvalue weighted by Gasteiger charge is 2.56. The third-order valence-electron chi connectivity index (χ3n) is 4.53. The SMILES string of the molecule is Oc1ccc(C23CCC(O)(CC2)C(F)=C3F)c(F)c1F. The van der Waals surface area contributed by atoms with Crippen LogP contribution >= 0.6 is 0 Å². The molecule has 20 heavy (non-hydrogen) atoms. The van der Waals surface area contributed by atoms with Gasteiger partial charge in [0.1, 0.15) is 11.4 Å². The predicted molar refractivity (Wildman–Crippen MR) is 62.4 cm³/mol. The quantitative estimate of drug-likeness (QED) is 0.778. The van der Waals surface area contributed by atoms with Crippen molar-refractivity contribution in [1.82, 2.24) is 0 Å². The lowest BCUT2D eigenvalue weighted by Crippen LogP contribution is -2.49. The van der Waals surface area contributed by atoms with Crippen molar-refractivity contribution in [3.63, 3.8) is 0 Å². The summed E-state index contributed by atoms with van der Waals surface area (Å²) in [6.45, 7) is 0. The molecule has 0 aliphatic heterocycles. The maximum absolute atomic E-state index is 14.3. The molecule has 0 heterocycles. The molecule has 2 bridgehead atoms. The Morgan fingerprint density at radius 3 is 2.05 bits per heavy atom. The van der Waals surface area contributed by atoms with Gasteiger partial charge in [-0.3, -0.25) is 0 Å². The molecule has 4 rings (SSSR count). The number of aliphatic hydroxyl groups is 1. The fraction of sp³-hybridized carbons (Fsp3) is 0.429. The number of rotatable bonds is 1. The van der Waals surface area contributed by atoms with Crippen LogP contribution in [0.25, 0.3) is 0 Å². The van der Waals surface area contributed by atoms with Crippen LogP contribution < -0.4 is 0 Å². The zero-order valence-corrected chi connectivity index (χ0v) is 10.4. The van der Waals surface area contributed by atoms with E-state index in [0.717, 1.165) is 12.1 Å². The van der Waals surface area contributed by atoms with Crippen molar-refractivity contribution in [2.75, 3.05) is 0 Å². The van der Waals surface area contributed by atoms with Crippen LogP contribution in [0, 0.1) is 11.6 Å². The Hall–Kier alpha value is -1.56. The Morgan fingerprint density at radius 1 is 0.850 bits per heavy atom. The third-order valence-corrected chi connectivity index (χ3v) is 4.53. The minimum atomic E-state index is -1.82. The standard InChI is InChI=1S/C14H12F4O2/c15-9-7(1-2-8(19)10(9)16)13-3-5-14(20,6-4-13)12(18)11(13)17/h1-2,19-20H,3-6H2. The van der Waals surface area contributed by atoms with Crippen molar-refractivity contribution in [2.24, 2.45) is 0 Å². The molecule has 108 valence electrons. The topological polar surface area (TPSA) is 40.5 Å². The van der Waals surface area contributed by atoms with E-state index in [-0.39, 0.29) is 31.2 Å². The van der Waals surface area contributed by atoms with Crippen molar-refractivity contribution in [2.45, 2.75) is 36.7 Å². The number of hydrogen-bond donors (Lipinski definition) is 2. The van der Waals surface area contributed by atoms with Crippen LogP contribution in [0.2, 0.25) is 0 Å². The summed E-state index contributed by atoms with van der Waals surface area (Å²) in [5.41, 5.74) is -3.73. The number of phenols is 1. The Balaban J connectivity index is 2.23. The molecular weight excluding hydrogens is 276 g/mol. The van der Waals surface area contributed by atoms with Gasteiger partial charge in [0.05, 0.1) is 5.41 Å². The van der Waals surface area contributed by atoms with Gasteiger partial charge < -0.3 is 10.2 Å². The minimum absolute atomic E-state index is 0.0100. The van der Waals surface area contributed by atoms with E-state index in [4.69, 9.17) is 5.11 Å². The zero-order valence-electron chi connectivity index (χ0n) is 10.4. The minimum Gasteiger partial charge on any atom is -0.505 e.